The van der Waals surface area contributed by atoms with E-state index in [4.69, 9.17) is 11.6 Å². The Morgan fingerprint density at radius 1 is 1.19 bits per heavy atom. The van der Waals surface area contributed by atoms with Gasteiger partial charge in [-0.2, -0.15) is 13.2 Å². The number of benzene rings is 2. The lowest BCUT2D eigenvalue weighted by atomic mass is 9.83. The van der Waals surface area contributed by atoms with Gasteiger partial charge in [-0.25, -0.2) is 8.42 Å². The van der Waals surface area contributed by atoms with E-state index in [0.29, 0.717) is 12.1 Å². The number of phenols is 1. The molecule has 2 aromatic carbocycles. The van der Waals surface area contributed by atoms with Crippen molar-refractivity contribution in [1.82, 2.24) is 0 Å². The summed E-state index contributed by atoms with van der Waals surface area (Å²) in [6.45, 7) is 6.25. The number of hydrogen-bond donors (Lipinski definition) is 2. The van der Waals surface area contributed by atoms with Crippen LogP contribution in [0.25, 0.3) is 0 Å². The zero-order chi connectivity index (χ0) is 24.8. The molecule has 0 saturated carbocycles. The minimum Gasteiger partial charge on any atom is -0.507 e. The second-order valence-corrected chi connectivity index (χ2v) is 10.2. The van der Waals surface area contributed by atoms with Gasteiger partial charge in [-0.05, 0) is 30.5 Å². The Morgan fingerprint density at radius 2 is 1.75 bits per heavy atom. The molecular formula is C19H18ClF3N2O6S. The van der Waals surface area contributed by atoms with Gasteiger partial charge < -0.3 is 10.4 Å². The quantitative estimate of drug-likeness (QED) is 0.449. The lowest BCUT2D eigenvalue weighted by Gasteiger charge is -2.23. The summed E-state index contributed by atoms with van der Waals surface area (Å²) in [4.78, 5) is 22.4. The molecule has 0 bridgehead atoms. The van der Waals surface area contributed by atoms with Gasteiger partial charge in [0.2, 0.25) is 0 Å². The van der Waals surface area contributed by atoms with E-state index < -0.39 is 58.5 Å². The first kappa shape index (κ1) is 25.4. The molecule has 32 heavy (non-hydrogen) atoms. The lowest BCUT2D eigenvalue weighted by molar-refractivity contribution is -0.385. The highest BCUT2D eigenvalue weighted by Crippen LogP contribution is 2.40. The number of sulfone groups is 1. The molecule has 0 heterocycles. The smallest absolute Gasteiger partial charge is 0.501 e. The van der Waals surface area contributed by atoms with Crippen molar-refractivity contribution in [3.05, 3.63) is 56.1 Å². The SMILES string of the molecule is Cc1c([N+](=O)[O-])cc(C(C)(C)C)c(O)c1C(=O)Nc1ccc(S(=O)(=O)C(F)(F)F)cc1Cl. The zero-order valence-corrected chi connectivity index (χ0v) is 18.7. The number of nitro groups is 1. The standard InChI is InChI=1S/C19H18ClF3N2O6S/c1-9-14(25(28)29)8-11(18(2,3)4)16(26)15(9)17(27)24-13-6-5-10(7-12(13)20)32(30,31)19(21,22)23/h5-8,26H,1-4H3,(H,24,27). The molecule has 0 saturated heterocycles. The monoisotopic (exact) mass is 494 g/mol. The van der Waals surface area contributed by atoms with Gasteiger partial charge in [0, 0.05) is 17.2 Å². The Labute approximate surface area is 186 Å². The largest absolute Gasteiger partial charge is 0.507 e. The van der Waals surface area contributed by atoms with E-state index in [-0.39, 0.29) is 16.8 Å². The number of nitrogens with zero attached hydrogens (tertiary/aromatic N) is 1. The second kappa shape index (κ2) is 8.24. The Bertz CT molecular complexity index is 1220. The Hall–Kier alpha value is -2.86. The molecule has 0 radical (unpaired) electrons. The fourth-order valence-electron chi connectivity index (χ4n) is 2.88. The van der Waals surface area contributed by atoms with Crippen molar-refractivity contribution in [2.24, 2.45) is 0 Å². The van der Waals surface area contributed by atoms with Gasteiger partial charge in [0.1, 0.15) is 5.75 Å². The number of nitro benzene ring substituents is 1. The molecule has 0 spiro atoms. The van der Waals surface area contributed by atoms with Crippen molar-refractivity contribution in [3.8, 4) is 5.75 Å². The number of amides is 1. The Balaban J connectivity index is 2.57. The molecule has 0 aliphatic heterocycles. The third kappa shape index (κ3) is 4.65. The van der Waals surface area contributed by atoms with Crippen molar-refractivity contribution < 1.29 is 36.4 Å². The van der Waals surface area contributed by atoms with Gasteiger partial charge in [0.15, 0.2) is 0 Å². The van der Waals surface area contributed by atoms with Crippen LogP contribution in [-0.2, 0) is 15.3 Å². The third-order valence-corrected chi connectivity index (χ3v) is 6.36. The summed E-state index contributed by atoms with van der Waals surface area (Å²) in [6.07, 6.45) is 0. The number of halogens is 4. The fourth-order valence-corrected chi connectivity index (χ4v) is 3.96. The van der Waals surface area contributed by atoms with Gasteiger partial charge in [-0.15, -0.1) is 0 Å². The van der Waals surface area contributed by atoms with Crippen molar-refractivity contribution in [3.63, 3.8) is 0 Å². The number of phenolic OH excluding ortho intramolecular Hbond substituents is 1. The molecule has 0 fully saturated rings. The number of nitrogens with one attached hydrogen (secondary N) is 1. The van der Waals surface area contributed by atoms with Crippen LogP contribution in [0.3, 0.4) is 0 Å². The molecule has 0 aliphatic rings. The zero-order valence-electron chi connectivity index (χ0n) is 17.2. The molecule has 0 atom stereocenters. The molecule has 8 nitrogen and oxygen atoms in total. The minimum absolute atomic E-state index is 0.123. The normalized spacial score (nSPS) is 12.5. The predicted molar refractivity (Wildman–Crippen MR) is 111 cm³/mol. The van der Waals surface area contributed by atoms with Crippen LogP contribution < -0.4 is 5.32 Å². The molecule has 1 amide bonds. The molecule has 2 aromatic rings. The maximum Gasteiger partial charge on any atom is 0.501 e. The van der Waals surface area contributed by atoms with Gasteiger partial charge in [0.25, 0.3) is 21.4 Å². The summed E-state index contributed by atoms with van der Waals surface area (Å²) >= 11 is 5.86. The van der Waals surface area contributed by atoms with E-state index in [1.165, 1.54) is 6.92 Å². The summed E-state index contributed by atoms with van der Waals surface area (Å²) in [6, 6.07) is 3.12. The van der Waals surface area contributed by atoms with Crippen LogP contribution in [0.5, 0.6) is 5.75 Å². The van der Waals surface area contributed by atoms with Crippen LogP contribution in [0.15, 0.2) is 29.2 Å². The van der Waals surface area contributed by atoms with Crippen molar-refractivity contribution in [2.75, 3.05) is 5.32 Å². The van der Waals surface area contributed by atoms with Gasteiger partial charge >= 0.3 is 5.51 Å². The maximum atomic E-state index is 12.9. The van der Waals surface area contributed by atoms with Gasteiger partial charge in [-0.3, -0.25) is 14.9 Å². The topological polar surface area (TPSA) is 127 Å². The van der Waals surface area contributed by atoms with Gasteiger partial charge in [-0.1, -0.05) is 32.4 Å². The highest BCUT2D eigenvalue weighted by Gasteiger charge is 2.47. The maximum absolute atomic E-state index is 12.9. The first-order chi connectivity index (χ1) is 14.4. The van der Waals surface area contributed by atoms with Crippen LogP contribution in [-0.4, -0.2) is 29.9 Å². The van der Waals surface area contributed by atoms with Gasteiger partial charge in [0.05, 0.1) is 26.1 Å². The van der Waals surface area contributed by atoms with Crippen molar-refractivity contribution in [2.45, 2.75) is 43.5 Å². The van der Waals surface area contributed by atoms with E-state index in [1.54, 1.807) is 20.8 Å². The summed E-state index contributed by atoms with van der Waals surface area (Å²) in [5.74, 6) is -1.53. The fraction of sp³-hybridized carbons (Fsp3) is 0.316. The molecule has 0 aliphatic carbocycles. The van der Waals surface area contributed by atoms with E-state index in [2.05, 4.69) is 5.32 Å². The summed E-state index contributed by atoms with van der Waals surface area (Å²) in [7, 11) is -5.66. The van der Waals surface area contributed by atoms with Crippen LogP contribution in [0.1, 0.15) is 42.3 Å². The van der Waals surface area contributed by atoms with Crippen LogP contribution >= 0.6 is 11.6 Å². The number of aromatic hydroxyl groups is 1. The molecule has 13 heteroatoms. The first-order valence-electron chi connectivity index (χ1n) is 8.83. The van der Waals surface area contributed by atoms with Crippen molar-refractivity contribution in [1.29, 1.82) is 0 Å². The van der Waals surface area contributed by atoms with Crippen LogP contribution in [0.2, 0.25) is 5.02 Å². The van der Waals surface area contributed by atoms with E-state index in [1.807, 2.05) is 0 Å². The molecular weight excluding hydrogens is 477 g/mol. The summed E-state index contributed by atoms with van der Waals surface area (Å²) < 4.78 is 61.2. The number of hydrogen-bond acceptors (Lipinski definition) is 6. The number of carbonyl (C=O) groups excluding carboxylic acids is 1. The van der Waals surface area contributed by atoms with E-state index >= 15 is 0 Å². The number of rotatable bonds is 4. The molecule has 0 aromatic heterocycles. The number of carbonyl (C=O) groups is 1. The summed E-state index contributed by atoms with van der Waals surface area (Å²) in [5.41, 5.74) is -7.45. The molecule has 0 unspecified atom stereocenters. The second-order valence-electron chi connectivity index (χ2n) is 7.84. The first-order valence-corrected chi connectivity index (χ1v) is 10.7. The highest BCUT2D eigenvalue weighted by atomic mass is 35.5. The van der Waals surface area contributed by atoms with E-state index in [9.17, 15) is 41.6 Å². The molecule has 2 rings (SSSR count). The predicted octanol–water partition coefficient (Wildman–Crippen LogP) is 5.11. The molecule has 2 N–H and O–H groups in total. The van der Waals surface area contributed by atoms with Crippen LogP contribution in [0, 0.1) is 17.0 Å². The summed E-state index contributed by atoms with van der Waals surface area (Å²) in [5, 5.41) is 23.8. The lowest BCUT2D eigenvalue weighted by Crippen LogP contribution is -2.23. The average molecular weight is 495 g/mol. The molecule has 174 valence electrons. The van der Waals surface area contributed by atoms with E-state index in [0.717, 1.165) is 12.1 Å². The minimum atomic E-state index is -5.66. The van der Waals surface area contributed by atoms with Crippen molar-refractivity contribution >= 4 is 38.7 Å². The number of anilines is 1. The Kier molecular flexibility index (Phi) is 6.54. The average Bonchev–Trinajstić information content (AvgIpc) is 2.61. The third-order valence-electron chi connectivity index (χ3n) is 4.57. The number of alkyl halides is 3. The highest BCUT2D eigenvalue weighted by molar-refractivity contribution is 7.92. The Morgan fingerprint density at radius 3 is 2.19 bits per heavy atom. The van der Waals surface area contributed by atoms with Crippen LogP contribution in [0.4, 0.5) is 24.5 Å².